The molecule has 8 rings (SSSR count). The Bertz CT molecular complexity index is 2150. The molecule has 6 aromatic heterocycles. The molecule has 0 bridgehead atoms. The van der Waals surface area contributed by atoms with Gasteiger partial charge in [0.1, 0.15) is 11.6 Å². The number of hydrogen-bond acceptors (Lipinski definition) is 4. The molecule has 1 aromatic carbocycles. The van der Waals surface area contributed by atoms with Crippen LogP contribution in [-0.2, 0) is 6.42 Å². The van der Waals surface area contributed by atoms with Gasteiger partial charge in [-0.3, -0.25) is 19.1 Å². The molecule has 0 amide bonds. The maximum atomic E-state index is 5.16. The number of nitrogens with zero attached hydrogens (tertiary/aromatic N) is 6. The third-order valence-corrected chi connectivity index (χ3v) is 7.97. The third kappa shape index (κ3) is 3.42. The highest BCUT2D eigenvalue weighted by atomic mass is 15.1. The molecule has 6 heterocycles. The van der Waals surface area contributed by atoms with Gasteiger partial charge in [0.25, 0.3) is 0 Å². The summed E-state index contributed by atoms with van der Waals surface area (Å²) in [6.07, 6.45) is 11.9. The van der Waals surface area contributed by atoms with E-state index in [2.05, 4.69) is 93.6 Å². The van der Waals surface area contributed by atoms with Crippen LogP contribution in [0.4, 0.5) is 0 Å². The summed E-state index contributed by atoms with van der Waals surface area (Å²) in [5.74, 6) is 1.75. The molecule has 0 N–H and O–H groups in total. The summed E-state index contributed by atoms with van der Waals surface area (Å²) >= 11 is 0. The Morgan fingerprint density at radius 1 is 0.625 bits per heavy atom. The highest BCUT2D eigenvalue weighted by molar-refractivity contribution is 6.09. The van der Waals surface area contributed by atoms with Crippen molar-refractivity contribution in [3.63, 3.8) is 0 Å². The van der Waals surface area contributed by atoms with Crippen LogP contribution < -0.4 is 0 Å². The standard InChI is InChI=1S/C34H26N6/c1-21-9-11-29-23(17-21)25-19-35-15-13-31(25)39(29)33-7-3-5-27(37-33)28-6-4-8-34(38-28)40-30-12-10-22(2)18-24(30)26-20-36-16-14-32(26)40/h3-9,11,13-20H,10,12H2,1-2H3. The fourth-order valence-corrected chi connectivity index (χ4v) is 6.12. The van der Waals surface area contributed by atoms with E-state index in [0.29, 0.717) is 0 Å². The molecule has 40 heavy (non-hydrogen) atoms. The molecule has 0 atom stereocenters. The molecule has 7 aromatic rings. The lowest BCUT2D eigenvalue weighted by Gasteiger charge is -2.15. The molecule has 192 valence electrons. The second kappa shape index (κ2) is 8.71. The first-order valence-corrected chi connectivity index (χ1v) is 13.6. The lowest BCUT2D eigenvalue weighted by molar-refractivity contribution is 0.844. The molecule has 1 aliphatic carbocycles. The van der Waals surface area contributed by atoms with Gasteiger partial charge in [0.2, 0.25) is 0 Å². The predicted molar refractivity (Wildman–Crippen MR) is 161 cm³/mol. The molecule has 0 saturated carbocycles. The number of fused-ring (bicyclic) bond motifs is 6. The van der Waals surface area contributed by atoms with E-state index in [1.807, 2.05) is 36.9 Å². The summed E-state index contributed by atoms with van der Waals surface area (Å²) in [5, 5.41) is 3.47. The molecule has 6 nitrogen and oxygen atoms in total. The molecule has 0 spiro atoms. The van der Waals surface area contributed by atoms with Crippen molar-refractivity contribution in [2.45, 2.75) is 26.7 Å². The molecule has 6 heteroatoms. The van der Waals surface area contributed by atoms with E-state index in [4.69, 9.17) is 9.97 Å². The Kier molecular flexibility index (Phi) is 4.98. The van der Waals surface area contributed by atoms with Gasteiger partial charge in [-0.25, -0.2) is 9.97 Å². The highest BCUT2D eigenvalue weighted by Gasteiger charge is 2.21. The highest BCUT2D eigenvalue weighted by Crippen LogP contribution is 2.36. The third-order valence-electron chi connectivity index (χ3n) is 7.97. The lowest BCUT2D eigenvalue weighted by atomic mass is 9.97. The number of aromatic nitrogens is 6. The molecular formula is C34H26N6. The van der Waals surface area contributed by atoms with Crippen molar-refractivity contribution in [1.82, 2.24) is 29.1 Å². The zero-order valence-corrected chi connectivity index (χ0v) is 22.3. The zero-order valence-electron chi connectivity index (χ0n) is 22.3. The van der Waals surface area contributed by atoms with Crippen LogP contribution in [-0.4, -0.2) is 29.1 Å². The summed E-state index contributed by atoms with van der Waals surface area (Å²) in [4.78, 5) is 19.1. The van der Waals surface area contributed by atoms with E-state index in [1.54, 1.807) is 0 Å². The maximum absolute atomic E-state index is 5.16. The average molecular weight is 519 g/mol. The van der Waals surface area contributed by atoms with Crippen molar-refractivity contribution in [3.05, 3.63) is 114 Å². The topological polar surface area (TPSA) is 61.4 Å². The van der Waals surface area contributed by atoms with Crippen molar-refractivity contribution in [3.8, 4) is 23.0 Å². The number of aryl methyl sites for hydroxylation is 1. The SMILES string of the molecule is CC1=Cc2c(n(-c3cccc(-c4cccc(-n5c6ccncc6c6cc(C)ccc65)n4)n3)c3ccncc23)CC1. The van der Waals surface area contributed by atoms with Gasteiger partial charge < -0.3 is 0 Å². The van der Waals surface area contributed by atoms with Gasteiger partial charge in [-0.2, -0.15) is 0 Å². The van der Waals surface area contributed by atoms with E-state index >= 15 is 0 Å². The van der Waals surface area contributed by atoms with Crippen molar-refractivity contribution < 1.29 is 0 Å². The van der Waals surface area contributed by atoms with Gasteiger partial charge in [0, 0.05) is 52.2 Å². The van der Waals surface area contributed by atoms with Gasteiger partial charge in [0.15, 0.2) is 0 Å². The fraction of sp³-hybridized carbons (Fsp3) is 0.118. The smallest absolute Gasteiger partial charge is 0.138 e. The minimum absolute atomic E-state index is 0.832. The van der Waals surface area contributed by atoms with Crippen LogP contribution in [0.25, 0.3) is 61.8 Å². The number of allylic oxidation sites excluding steroid dienone is 1. The molecule has 0 saturated heterocycles. The summed E-state index contributed by atoms with van der Waals surface area (Å²) in [7, 11) is 0. The van der Waals surface area contributed by atoms with Crippen LogP contribution in [0.2, 0.25) is 0 Å². The van der Waals surface area contributed by atoms with Crippen LogP contribution >= 0.6 is 0 Å². The Labute approximate surface area is 231 Å². The number of benzene rings is 1. The van der Waals surface area contributed by atoms with Crippen molar-refractivity contribution in [2.24, 2.45) is 0 Å². The largest absolute Gasteiger partial charge is 0.297 e. The Balaban J connectivity index is 1.29. The van der Waals surface area contributed by atoms with Gasteiger partial charge >= 0.3 is 0 Å². The van der Waals surface area contributed by atoms with Crippen LogP contribution in [0.3, 0.4) is 0 Å². The summed E-state index contributed by atoms with van der Waals surface area (Å²) in [6.45, 7) is 4.32. The Hall–Kier alpha value is -5.10. The lowest BCUT2D eigenvalue weighted by Crippen LogP contribution is -2.07. The van der Waals surface area contributed by atoms with Gasteiger partial charge in [-0.05, 0) is 75.2 Å². The first-order valence-electron chi connectivity index (χ1n) is 13.6. The predicted octanol–water partition coefficient (Wildman–Crippen LogP) is 7.63. The quantitative estimate of drug-likeness (QED) is 0.241. The Morgan fingerprint density at radius 3 is 2.02 bits per heavy atom. The van der Waals surface area contributed by atoms with Gasteiger partial charge in [0.05, 0.1) is 27.9 Å². The monoisotopic (exact) mass is 518 g/mol. The Morgan fingerprint density at radius 2 is 1.27 bits per heavy atom. The van der Waals surface area contributed by atoms with Gasteiger partial charge in [-0.1, -0.05) is 35.4 Å². The van der Waals surface area contributed by atoms with Gasteiger partial charge in [-0.15, -0.1) is 0 Å². The van der Waals surface area contributed by atoms with E-state index in [0.717, 1.165) is 57.8 Å². The van der Waals surface area contributed by atoms with Crippen molar-refractivity contribution in [1.29, 1.82) is 0 Å². The molecule has 0 radical (unpaired) electrons. The van der Waals surface area contributed by atoms with Crippen LogP contribution in [0.1, 0.15) is 30.2 Å². The number of hydrogen-bond donors (Lipinski definition) is 0. The number of rotatable bonds is 3. The molecule has 0 fully saturated rings. The first kappa shape index (κ1) is 22.8. The first-order chi connectivity index (χ1) is 19.7. The number of pyridine rings is 4. The van der Waals surface area contributed by atoms with E-state index in [1.165, 1.54) is 33.2 Å². The minimum atomic E-state index is 0.832. The molecule has 0 aliphatic heterocycles. The van der Waals surface area contributed by atoms with E-state index in [9.17, 15) is 0 Å². The van der Waals surface area contributed by atoms with Crippen molar-refractivity contribution >= 4 is 38.8 Å². The van der Waals surface area contributed by atoms with Crippen LogP contribution in [0, 0.1) is 6.92 Å². The molecule has 1 aliphatic rings. The van der Waals surface area contributed by atoms with E-state index in [-0.39, 0.29) is 0 Å². The molecule has 0 unspecified atom stereocenters. The zero-order chi connectivity index (χ0) is 26.8. The fourth-order valence-electron chi connectivity index (χ4n) is 6.12. The average Bonchev–Trinajstić information content (AvgIpc) is 3.49. The summed E-state index contributed by atoms with van der Waals surface area (Å²) in [6, 6.07) is 23.0. The van der Waals surface area contributed by atoms with Crippen LogP contribution in [0.5, 0.6) is 0 Å². The van der Waals surface area contributed by atoms with Crippen molar-refractivity contribution in [2.75, 3.05) is 0 Å². The second-order valence-corrected chi connectivity index (χ2v) is 10.6. The minimum Gasteiger partial charge on any atom is -0.297 e. The maximum Gasteiger partial charge on any atom is 0.138 e. The normalized spacial score (nSPS) is 13.2. The summed E-state index contributed by atoms with van der Waals surface area (Å²) in [5.41, 5.74) is 10.2. The second-order valence-electron chi connectivity index (χ2n) is 10.6. The van der Waals surface area contributed by atoms with Crippen LogP contribution in [0.15, 0.2) is 97.1 Å². The molecular weight excluding hydrogens is 492 g/mol. The summed E-state index contributed by atoms with van der Waals surface area (Å²) < 4.78 is 4.52. The van der Waals surface area contributed by atoms with E-state index < -0.39 is 0 Å².